The lowest BCUT2D eigenvalue weighted by atomic mass is 10.0. The lowest BCUT2D eigenvalue weighted by molar-refractivity contribution is 0.102. The van der Waals surface area contributed by atoms with Gasteiger partial charge in [0, 0.05) is 23.0 Å². The molecule has 5 rings (SSSR count). The lowest BCUT2D eigenvalue weighted by Crippen LogP contribution is -2.32. The Bertz CT molecular complexity index is 1260. The number of hydrogen-bond donors (Lipinski definition) is 2. The van der Waals surface area contributed by atoms with E-state index in [0.29, 0.717) is 11.7 Å². The molecule has 0 radical (unpaired) electrons. The second-order valence-corrected chi connectivity index (χ2v) is 9.41. The average Bonchev–Trinajstić information content (AvgIpc) is 3.51. The van der Waals surface area contributed by atoms with Gasteiger partial charge in [0.2, 0.25) is 0 Å². The van der Waals surface area contributed by atoms with Gasteiger partial charge in [-0.25, -0.2) is 14.8 Å². The Morgan fingerprint density at radius 1 is 1.19 bits per heavy atom. The third-order valence-corrected chi connectivity index (χ3v) is 7.16. The van der Waals surface area contributed by atoms with E-state index in [9.17, 15) is 14.4 Å². The molecule has 0 saturated heterocycles. The highest BCUT2D eigenvalue weighted by Gasteiger charge is 2.29. The van der Waals surface area contributed by atoms with E-state index in [4.69, 9.17) is 0 Å². The number of aromatic amines is 1. The van der Waals surface area contributed by atoms with Crippen LogP contribution in [0, 0.1) is 0 Å². The number of nitrogens with one attached hydrogen (secondary N) is 2. The molecule has 3 aromatic rings. The lowest BCUT2D eigenvalue weighted by Gasteiger charge is -2.11. The molecule has 162 valence electrons. The summed E-state index contributed by atoms with van der Waals surface area (Å²) in [6.45, 7) is 2.17. The molecule has 1 amide bonds. The molecule has 0 atom stereocenters. The molecule has 0 unspecified atom stereocenters. The van der Waals surface area contributed by atoms with Gasteiger partial charge < -0.3 is 0 Å². The molecule has 3 heterocycles. The standard InChI is InChI=1S/C22H25N5O3S/c1-2-27-18-17(20(29)26-22(27)30)13(11-15(23-18)12-9-10-12)19(28)25-21-24-14-7-5-3-4-6-8-16(14)31-21/h11-12H,2-10H2,1H3,(H,24,25,28)(H,26,29,30). The fourth-order valence-corrected chi connectivity index (χ4v) is 5.32. The van der Waals surface area contributed by atoms with Crippen LogP contribution in [0.15, 0.2) is 15.7 Å². The number of nitrogens with zero attached hydrogens (tertiary/aromatic N) is 3. The summed E-state index contributed by atoms with van der Waals surface area (Å²) >= 11 is 1.52. The maximum atomic E-state index is 13.3. The molecule has 2 aliphatic carbocycles. The van der Waals surface area contributed by atoms with Crippen LogP contribution in [0.3, 0.4) is 0 Å². The first-order chi connectivity index (χ1) is 15.0. The number of carbonyl (C=O) groups is 1. The first-order valence-corrected chi connectivity index (χ1v) is 11.8. The van der Waals surface area contributed by atoms with E-state index in [2.05, 4.69) is 20.3 Å². The molecule has 9 heteroatoms. The fourth-order valence-electron chi connectivity index (χ4n) is 4.28. The van der Waals surface area contributed by atoms with E-state index in [-0.39, 0.29) is 28.4 Å². The Morgan fingerprint density at radius 3 is 2.71 bits per heavy atom. The van der Waals surface area contributed by atoms with E-state index in [1.807, 2.05) is 6.92 Å². The minimum absolute atomic E-state index is 0.151. The normalized spacial score (nSPS) is 16.5. The Kier molecular flexibility index (Phi) is 5.21. The summed E-state index contributed by atoms with van der Waals surface area (Å²) in [4.78, 5) is 51.1. The molecular weight excluding hydrogens is 414 g/mol. The van der Waals surface area contributed by atoms with Gasteiger partial charge in [-0.3, -0.25) is 24.5 Å². The van der Waals surface area contributed by atoms with Gasteiger partial charge in [-0.1, -0.05) is 12.8 Å². The summed E-state index contributed by atoms with van der Waals surface area (Å²) in [6, 6.07) is 1.71. The van der Waals surface area contributed by atoms with Crippen LogP contribution in [0.1, 0.15) is 78.0 Å². The maximum absolute atomic E-state index is 13.3. The first kappa shape index (κ1) is 20.1. The van der Waals surface area contributed by atoms with Crippen molar-refractivity contribution in [3.8, 4) is 0 Å². The van der Waals surface area contributed by atoms with Gasteiger partial charge in [0.1, 0.15) is 0 Å². The number of pyridine rings is 1. The molecule has 0 spiro atoms. The number of carbonyl (C=O) groups excluding carboxylic acids is 1. The minimum Gasteiger partial charge on any atom is -0.298 e. The number of anilines is 1. The SMILES string of the molecule is CCn1c(=O)[nH]c(=O)c2c(C(=O)Nc3nc4c(s3)CCCCCC4)cc(C3CC3)nc21. The van der Waals surface area contributed by atoms with Gasteiger partial charge in [-0.15, -0.1) is 11.3 Å². The average molecular weight is 440 g/mol. The minimum atomic E-state index is -0.587. The molecule has 3 aromatic heterocycles. The Balaban J connectivity index is 1.58. The second kappa shape index (κ2) is 8.03. The van der Waals surface area contributed by atoms with Gasteiger partial charge in [0.25, 0.3) is 11.5 Å². The number of H-pyrrole nitrogens is 1. The van der Waals surface area contributed by atoms with Crippen molar-refractivity contribution in [1.82, 2.24) is 19.5 Å². The highest BCUT2D eigenvalue weighted by Crippen LogP contribution is 2.40. The zero-order valence-corrected chi connectivity index (χ0v) is 18.3. The van der Waals surface area contributed by atoms with Crippen molar-refractivity contribution in [1.29, 1.82) is 0 Å². The van der Waals surface area contributed by atoms with Crippen molar-refractivity contribution in [3.05, 3.63) is 48.7 Å². The third-order valence-electron chi connectivity index (χ3n) is 6.09. The van der Waals surface area contributed by atoms with Crippen molar-refractivity contribution in [2.75, 3.05) is 5.32 Å². The van der Waals surface area contributed by atoms with Crippen LogP contribution in [0.25, 0.3) is 11.0 Å². The smallest absolute Gasteiger partial charge is 0.298 e. The topological polar surface area (TPSA) is 110 Å². The van der Waals surface area contributed by atoms with Crippen LogP contribution in [-0.2, 0) is 19.4 Å². The van der Waals surface area contributed by atoms with E-state index in [0.717, 1.165) is 49.9 Å². The Morgan fingerprint density at radius 2 is 1.97 bits per heavy atom. The zero-order chi connectivity index (χ0) is 21.5. The van der Waals surface area contributed by atoms with Crippen molar-refractivity contribution in [3.63, 3.8) is 0 Å². The van der Waals surface area contributed by atoms with Crippen LogP contribution in [0.5, 0.6) is 0 Å². The molecule has 2 N–H and O–H groups in total. The van der Waals surface area contributed by atoms with Crippen LogP contribution in [0.2, 0.25) is 0 Å². The quantitative estimate of drug-likeness (QED) is 0.648. The maximum Gasteiger partial charge on any atom is 0.329 e. The zero-order valence-electron chi connectivity index (χ0n) is 17.5. The van der Waals surface area contributed by atoms with Crippen molar-refractivity contribution >= 4 is 33.4 Å². The van der Waals surface area contributed by atoms with E-state index in [1.54, 1.807) is 6.07 Å². The predicted molar refractivity (Wildman–Crippen MR) is 120 cm³/mol. The van der Waals surface area contributed by atoms with Gasteiger partial charge >= 0.3 is 5.69 Å². The highest BCUT2D eigenvalue weighted by atomic mass is 32.1. The molecular formula is C22H25N5O3S. The second-order valence-electron chi connectivity index (χ2n) is 8.33. The highest BCUT2D eigenvalue weighted by molar-refractivity contribution is 7.15. The van der Waals surface area contributed by atoms with Crippen LogP contribution >= 0.6 is 11.3 Å². The number of amides is 1. The number of hydrogen-bond acceptors (Lipinski definition) is 6. The van der Waals surface area contributed by atoms with Gasteiger partial charge in [0.15, 0.2) is 10.8 Å². The molecule has 2 aliphatic rings. The molecule has 1 fully saturated rings. The Labute approximate surface area is 182 Å². The molecule has 0 aromatic carbocycles. The van der Waals surface area contributed by atoms with Gasteiger partial charge in [-0.2, -0.15) is 0 Å². The summed E-state index contributed by atoms with van der Waals surface area (Å²) in [5, 5.41) is 3.63. The molecule has 1 saturated carbocycles. The van der Waals surface area contributed by atoms with Crippen LogP contribution < -0.4 is 16.6 Å². The monoisotopic (exact) mass is 439 g/mol. The molecule has 0 aliphatic heterocycles. The molecule has 31 heavy (non-hydrogen) atoms. The van der Waals surface area contributed by atoms with Crippen molar-refractivity contribution < 1.29 is 4.79 Å². The third kappa shape index (κ3) is 3.82. The summed E-state index contributed by atoms with van der Waals surface area (Å²) in [5.41, 5.74) is 1.27. The molecule has 0 bridgehead atoms. The predicted octanol–water partition coefficient (Wildman–Crippen LogP) is 3.35. The van der Waals surface area contributed by atoms with Crippen molar-refractivity contribution in [2.24, 2.45) is 0 Å². The van der Waals surface area contributed by atoms with Gasteiger partial charge in [-0.05, 0) is 51.5 Å². The first-order valence-electron chi connectivity index (χ1n) is 11.0. The summed E-state index contributed by atoms with van der Waals surface area (Å²) in [5.74, 6) is -0.113. The largest absolute Gasteiger partial charge is 0.329 e. The molecule has 8 nitrogen and oxygen atoms in total. The van der Waals surface area contributed by atoms with Crippen LogP contribution in [-0.4, -0.2) is 25.4 Å². The number of fused-ring (bicyclic) bond motifs is 2. The van der Waals surface area contributed by atoms with E-state index < -0.39 is 11.2 Å². The summed E-state index contributed by atoms with van der Waals surface area (Å²) in [6.07, 6.45) is 8.64. The van der Waals surface area contributed by atoms with E-state index >= 15 is 0 Å². The fraction of sp³-hybridized carbons (Fsp3) is 0.500. The summed E-state index contributed by atoms with van der Waals surface area (Å²) < 4.78 is 1.41. The summed E-state index contributed by atoms with van der Waals surface area (Å²) in [7, 11) is 0. The van der Waals surface area contributed by atoms with Crippen LogP contribution in [0.4, 0.5) is 5.13 Å². The van der Waals surface area contributed by atoms with Gasteiger partial charge in [0.05, 0.1) is 16.6 Å². The number of aromatic nitrogens is 4. The number of aryl methyl sites for hydroxylation is 3. The number of thiazole rings is 1. The van der Waals surface area contributed by atoms with Crippen molar-refractivity contribution in [2.45, 2.75) is 70.8 Å². The van der Waals surface area contributed by atoms with E-state index in [1.165, 1.54) is 33.6 Å². The Hall–Kier alpha value is -2.81. The number of rotatable bonds is 4.